The topological polar surface area (TPSA) is 77.8 Å². The van der Waals surface area contributed by atoms with Gasteiger partial charge in [-0.15, -0.1) is 0 Å². The first-order chi connectivity index (χ1) is 8.79. The van der Waals surface area contributed by atoms with E-state index in [1.54, 1.807) is 18.0 Å². The monoisotopic (exact) mass is 264 g/mol. The van der Waals surface area contributed by atoms with Gasteiger partial charge in [0.1, 0.15) is 0 Å². The normalized spacial score (nSPS) is 12.6. The highest BCUT2D eigenvalue weighted by atomic mass is 32.2. The summed E-state index contributed by atoms with van der Waals surface area (Å²) in [5, 5.41) is 3.93. The second kappa shape index (κ2) is 6.51. The van der Waals surface area contributed by atoms with Gasteiger partial charge in [0.15, 0.2) is 5.82 Å². The molecule has 2 aromatic heterocycles. The maximum atomic E-state index is 5.96. The van der Waals surface area contributed by atoms with Crippen LogP contribution in [0.25, 0.3) is 0 Å². The van der Waals surface area contributed by atoms with Crippen LogP contribution < -0.4 is 5.73 Å². The van der Waals surface area contributed by atoms with E-state index < -0.39 is 0 Å². The van der Waals surface area contributed by atoms with Crippen molar-refractivity contribution in [3.05, 3.63) is 41.8 Å². The fraction of sp³-hybridized carbons (Fsp3) is 0.417. The van der Waals surface area contributed by atoms with Crippen LogP contribution in [0.3, 0.4) is 0 Å². The van der Waals surface area contributed by atoms with Crippen molar-refractivity contribution >= 4 is 11.8 Å². The predicted molar refractivity (Wildman–Crippen MR) is 71.3 cm³/mol. The van der Waals surface area contributed by atoms with E-state index in [1.807, 2.05) is 24.5 Å². The van der Waals surface area contributed by atoms with Crippen molar-refractivity contribution in [1.29, 1.82) is 0 Å². The molecule has 0 amide bonds. The second-order valence-electron chi connectivity index (χ2n) is 3.93. The third-order valence-corrected chi connectivity index (χ3v) is 3.14. The van der Waals surface area contributed by atoms with Gasteiger partial charge in [-0.25, -0.2) is 0 Å². The van der Waals surface area contributed by atoms with Gasteiger partial charge in [-0.3, -0.25) is 4.98 Å². The molecule has 2 aromatic rings. The molecule has 0 aliphatic heterocycles. The van der Waals surface area contributed by atoms with Gasteiger partial charge in [0.2, 0.25) is 5.89 Å². The Kier molecular flexibility index (Phi) is 4.72. The van der Waals surface area contributed by atoms with E-state index in [4.69, 9.17) is 10.3 Å². The third-order valence-electron chi connectivity index (χ3n) is 2.50. The van der Waals surface area contributed by atoms with Gasteiger partial charge in [0, 0.05) is 11.9 Å². The standard InChI is InChI=1S/C12H16N4OS/c1-18-7-5-10(13)12-15-11(16-17-12)8-9-4-2-3-6-14-9/h2-4,6,10H,5,7-8,13H2,1H3. The summed E-state index contributed by atoms with van der Waals surface area (Å²) in [6, 6.07) is 5.57. The molecule has 2 rings (SSSR count). The number of hydrogen-bond acceptors (Lipinski definition) is 6. The van der Waals surface area contributed by atoms with Gasteiger partial charge in [-0.05, 0) is 30.6 Å². The summed E-state index contributed by atoms with van der Waals surface area (Å²) in [5.41, 5.74) is 6.88. The first-order valence-corrected chi connectivity index (χ1v) is 7.16. The van der Waals surface area contributed by atoms with Crippen LogP contribution in [0, 0.1) is 0 Å². The van der Waals surface area contributed by atoms with Crippen molar-refractivity contribution in [2.24, 2.45) is 5.73 Å². The Morgan fingerprint density at radius 3 is 3.06 bits per heavy atom. The van der Waals surface area contributed by atoms with Crippen LogP contribution in [0.4, 0.5) is 0 Å². The third kappa shape index (κ3) is 3.54. The number of nitrogens with zero attached hydrogens (tertiary/aromatic N) is 3. The lowest BCUT2D eigenvalue weighted by Gasteiger charge is -2.03. The van der Waals surface area contributed by atoms with E-state index in [2.05, 4.69) is 15.1 Å². The van der Waals surface area contributed by atoms with Crippen molar-refractivity contribution in [3.63, 3.8) is 0 Å². The molecule has 0 radical (unpaired) electrons. The molecule has 5 nitrogen and oxygen atoms in total. The van der Waals surface area contributed by atoms with Gasteiger partial charge in [-0.2, -0.15) is 16.7 Å². The molecule has 0 aromatic carbocycles. The molecule has 0 bridgehead atoms. The molecule has 2 heterocycles. The molecule has 0 spiro atoms. The molecule has 0 saturated carbocycles. The van der Waals surface area contributed by atoms with Crippen molar-refractivity contribution < 1.29 is 4.52 Å². The molecule has 1 atom stereocenters. The average molecular weight is 264 g/mol. The zero-order valence-corrected chi connectivity index (χ0v) is 11.1. The lowest BCUT2D eigenvalue weighted by Crippen LogP contribution is -2.11. The largest absolute Gasteiger partial charge is 0.338 e. The first kappa shape index (κ1) is 13.0. The SMILES string of the molecule is CSCCC(N)c1nc(Cc2ccccn2)no1. The smallest absolute Gasteiger partial charge is 0.243 e. The van der Waals surface area contributed by atoms with E-state index in [0.717, 1.165) is 17.9 Å². The maximum Gasteiger partial charge on any atom is 0.243 e. The Morgan fingerprint density at radius 2 is 2.33 bits per heavy atom. The van der Waals surface area contributed by atoms with Gasteiger partial charge in [0.05, 0.1) is 12.5 Å². The van der Waals surface area contributed by atoms with Gasteiger partial charge in [-0.1, -0.05) is 11.2 Å². The van der Waals surface area contributed by atoms with Crippen molar-refractivity contribution in [2.75, 3.05) is 12.0 Å². The summed E-state index contributed by atoms with van der Waals surface area (Å²) in [5.74, 6) is 2.12. The minimum Gasteiger partial charge on any atom is -0.338 e. The highest BCUT2D eigenvalue weighted by Crippen LogP contribution is 2.14. The summed E-state index contributed by atoms with van der Waals surface area (Å²) < 4.78 is 5.17. The molecular weight excluding hydrogens is 248 g/mol. The van der Waals surface area contributed by atoms with Crippen LogP contribution in [0.5, 0.6) is 0 Å². The molecule has 0 aliphatic carbocycles. The quantitative estimate of drug-likeness (QED) is 0.857. The van der Waals surface area contributed by atoms with E-state index in [0.29, 0.717) is 18.1 Å². The zero-order valence-electron chi connectivity index (χ0n) is 10.2. The highest BCUT2D eigenvalue weighted by Gasteiger charge is 2.14. The molecular formula is C12H16N4OS. The summed E-state index contributed by atoms with van der Waals surface area (Å²) in [7, 11) is 0. The molecule has 0 saturated heterocycles. The number of hydrogen-bond donors (Lipinski definition) is 1. The summed E-state index contributed by atoms with van der Waals surface area (Å²) in [4.78, 5) is 8.53. The Labute approximate surface area is 110 Å². The highest BCUT2D eigenvalue weighted by molar-refractivity contribution is 7.98. The lowest BCUT2D eigenvalue weighted by atomic mass is 10.2. The first-order valence-electron chi connectivity index (χ1n) is 5.76. The molecule has 96 valence electrons. The Balaban J connectivity index is 1.98. The van der Waals surface area contributed by atoms with E-state index in [-0.39, 0.29) is 6.04 Å². The number of thioether (sulfide) groups is 1. The van der Waals surface area contributed by atoms with Gasteiger partial charge >= 0.3 is 0 Å². The van der Waals surface area contributed by atoms with Crippen molar-refractivity contribution in [1.82, 2.24) is 15.1 Å². The van der Waals surface area contributed by atoms with Gasteiger partial charge in [0.25, 0.3) is 0 Å². The molecule has 6 heteroatoms. The van der Waals surface area contributed by atoms with Crippen LogP contribution >= 0.6 is 11.8 Å². The Morgan fingerprint density at radius 1 is 1.44 bits per heavy atom. The summed E-state index contributed by atoms with van der Waals surface area (Å²) >= 11 is 1.75. The Bertz CT molecular complexity index is 474. The summed E-state index contributed by atoms with van der Waals surface area (Å²) in [6.45, 7) is 0. The number of aromatic nitrogens is 3. The van der Waals surface area contributed by atoms with Crippen molar-refractivity contribution in [2.45, 2.75) is 18.9 Å². The lowest BCUT2D eigenvalue weighted by molar-refractivity contribution is 0.349. The number of pyridine rings is 1. The molecule has 18 heavy (non-hydrogen) atoms. The van der Waals surface area contributed by atoms with Crippen LogP contribution in [0.1, 0.15) is 29.9 Å². The van der Waals surface area contributed by atoms with Crippen LogP contribution in [-0.4, -0.2) is 27.1 Å². The summed E-state index contributed by atoms with van der Waals surface area (Å²) in [6.07, 6.45) is 5.21. The van der Waals surface area contributed by atoms with E-state index in [1.165, 1.54) is 0 Å². The average Bonchev–Trinajstić information content (AvgIpc) is 2.86. The minimum atomic E-state index is -0.178. The second-order valence-corrected chi connectivity index (χ2v) is 4.92. The van der Waals surface area contributed by atoms with Gasteiger partial charge < -0.3 is 10.3 Å². The fourth-order valence-electron chi connectivity index (χ4n) is 1.52. The van der Waals surface area contributed by atoms with E-state index in [9.17, 15) is 0 Å². The van der Waals surface area contributed by atoms with Crippen molar-refractivity contribution in [3.8, 4) is 0 Å². The fourth-order valence-corrected chi connectivity index (χ4v) is 2.01. The predicted octanol–water partition coefficient (Wildman–Crippen LogP) is 1.81. The molecule has 2 N–H and O–H groups in total. The molecule has 1 unspecified atom stereocenters. The van der Waals surface area contributed by atoms with Crippen LogP contribution in [0.2, 0.25) is 0 Å². The number of nitrogens with two attached hydrogens (primary N) is 1. The number of rotatable bonds is 6. The molecule has 0 aliphatic rings. The van der Waals surface area contributed by atoms with E-state index >= 15 is 0 Å². The minimum absolute atomic E-state index is 0.178. The Hall–Kier alpha value is -1.40. The molecule has 0 fully saturated rings. The van der Waals surface area contributed by atoms with Crippen LogP contribution in [-0.2, 0) is 6.42 Å². The maximum absolute atomic E-state index is 5.96. The van der Waals surface area contributed by atoms with Crippen LogP contribution in [0.15, 0.2) is 28.9 Å². The zero-order chi connectivity index (χ0) is 12.8.